The SMILES string of the molecule is CCCNC(=O)c1nc(-c2ccc(C)cc2)c(-c2ccc(C)cc2)n1C. The number of carbonyl (C=O) groups is 1. The Morgan fingerprint density at radius 3 is 2.04 bits per heavy atom. The molecule has 3 aromatic rings. The lowest BCUT2D eigenvalue weighted by molar-refractivity contribution is 0.0940. The molecule has 0 unspecified atom stereocenters. The Morgan fingerprint density at radius 1 is 0.962 bits per heavy atom. The molecule has 0 atom stereocenters. The minimum atomic E-state index is -0.138. The highest BCUT2D eigenvalue weighted by atomic mass is 16.2. The maximum Gasteiger partial charge on any atom is 0.287 e. The summed E-state index contributed by atoms with van der Waals surface area (Å²) >= 11 is 0. The first kappa shape index (κ1) is 17.9. The summed E-state index contributed by atoms with van der Waals surface area (Å²) in [5.41, 5.74) is 6.25. The number of hydrogen-bond donors (Lipinski definition) is 1. The molecular weight excluding hydrogens is 322 g/mol. The van der Waals surface area contributed by atoms with Crippen LogP contribution in [-0.4, -0.2) is 22.0 Å². The van der Waals surface area contributed by atoms with Gasteiger partial charge in [0.2, 0.25) is 0 Å². The molecule has 1 amide bonds. The summed E-state index contributed by atoms with van der Waals surface area (Å²) in [5, 5.41) is 2.93. The Bertz CT molecular complexity index is 906. The van der Waals surface area contributed by atoms with Crippen LogP contribution in [0.1, 0.15) is 35.1 Å². The van der Waals surface area contributed by atoms with E-state index in [1.165, 1.54) is 11.1 Å². The first-order valence-electron chi connectivity index (χ1n) is 9.00. The zero-order chi connectivity index (χ0) is 18.7. The third-order valence-corrected chi connectivity index (χ3v) is 4.48. The monoisotopic (exact) mass is 347 g/mol. The van der Waals surface area contributed by atoms with Gasteiger partial charge < -0.3 is 9.88 Å². The first-order valence-corrected chi connectivity index (χ1v) is 9.00. The Balaban J connectivity index is 2.15. The highest BCUT2D eigenvalue weighted by Gasteiger charge is 2.21. The lowest BCUT2D eigenvalue weighted by Gasteiger charge is -2.09. The summed E-state index contributed by atoms with van der Waals surface area (Å²) in [7, 11) is 1.90. The normalized spacial score (nSPS) is 10.8. The summed E-state index contributed by atoms with van der Waals surface area (Å²) in [5.74, 6) is 0.297. The average Bonchev–Trinajstić information content (AvgIpc) is 2.98. The van der Waals surface area contributed by atoms with E-state index in [-0.39, 0.29) is 5.91 Å². The highest BCUT2D eigenvalue weighted by molar-refractivity contribution is 5.94. The van der Waals surface area contributed by atoms with Gasteiger partial charge in [-0.05, 0) is 20.3 Å². The summed E-state index contributed by atoms with van der Waals surface area (Å²) in [6, 6.07) is 16.6. The Morgan fingerprint density at radius 2 is 1.50 bits per heavy atom. The van der Waals surface area contributed by atoms with E-state index >= 15 is 0 Å². The van der Waals surface area contributed by atoms with Crippen LogP contribution in [0.2, 0.25) is 0 Å². The molecule has 0 bridgehead atoms. The molecule has 3 rings (SSSR count). The number of amides is 1. The second kappa shape index (κ2) is 7.56. The number of nitrogens with one attached hydrogen (secondary N) is 1. The summed E-state index contributed by atoms with van der Waals surface area (Å²) < 4.78 is 1.89. The highest BCUT2D eigenvalue weighted by Crippen LogP contribution is 2.32. The maximum atomic E-state index is 12.6. The van der Waals surface area contributed by atoms with Crippen molar-refractivity contribution in [2.45, 2.75) is 27.2 Å². The van der Waals surface area contributed by atoms with E-state index in [0.717, 1.165) is 28.9 Å². The predicted octanol–water partition coefficient (Wildman–Crippen LogP) is 4.51. The number of imidazole rings is 1. The van der Waals surface area contributed by atoms with Gasteiger partial charge >= 0.3 is 0 Å². The fourth-order valence-electron chi connectivity index (χ4n) is 2.97. The van der Waals surface area contributed by atoms with E-state index < -0.39 is 0 Å². The molecule has 0 spiro atoms. The van der Waals surface area contributed by atoms with Gasteiger partial charge in [0.05, 0.1) is 11.4 Å². The fourth-order valence-corrected chi connectivity index (χ4v) is 2.97. The van der Waals surface area contributed by atoms with Crippen LogP contribution in [0.4, 0.5) is 0 Å². The van der Waals surface area contributed by atoms with Crippen molar-refractivity contribution in [2.24, 2.45) is 7.05 Å². The van der Waals surface area contributed by atoms with Gasteiger partial charge in [-0.15, -0.1) is 0 Å². The van der Waals surface area contributed by atoms with Crippen molar-refractivity contribution < 1.29 is 4.79 Å². The second-order valence-electron chi connectivity index (χ2n) is 6.68. The molecule has 0 radical (unpaired) electrons. The number of carbonyl (C=O) groups excluding carboxylic acids is 1. The minimum Gasteiger partial charge on any atom is -0.349 e. The number of rotatable bonds is 5. The molecule has 4 heteroatoms. The molecule has 0 fully saturated rings. The predicted molar refractivity (Wildman–Crippen MR) is 106 cm³/mol. The van der Waals surface area contributed by atoms with Crippen LogP contribution in [0.25, 0.3) is 22.5 Å². The molecule has 1 N–H and O–H groups in total. The summed E-state index contributed by atoms with van der Waals surface area (Å²) in [6.45, 7) is 6.81. The van der Waals surface area contributed by atoms with Gasteiger partial charge in [0, 0.05) is 24.7 Å². The largest absolute Gasteiger partial charge is 0.349 e. The van der Waals surface area contributed by atoms with Crippen LogP contribution in [0.3, 0.4) is 0 Å². The van der Waals surface area contributed by atoms with Crippen molar-refractivity contribution in [1.82, 2.24) is 14.9 Å². The van der Waals surface area contributed by atoms with Crippen LogP contribution in [0, 0.1) is 13.8 Å². The van der Waals surface area contributed by atoms with E-state index in [2.05, 4.69) is 67.7 Å². The van der Waals surface area contributed by atoms with Gasteiger partial charge in [0.1, 0.15) is 0 Å². The van der Waals surface area contributed by atoms with Crippen molar-refractivity contribution in [2.75, 3.05) is 6.54 Å². The molecule has 1 heterocycles. The van der Waals surface area contributed by atoms with Crippen LogP contribution < -0.4 is 5.32 Å². The Labute approximate surface area is 154 Å². The molecule has 0 aliphatic heterocycles. The number of aromatic nitrogens is 2. The van der Waals surface area contributed by atoms with Gasteiger partial charge in [-0.2, -0.15) is 0 Å². The van der Waals surface area contributed by atoms with Crippen molar-refractivity contribution in [3.05, 3.63) is 65.5 Å². The average molecular weight is 347 g/mol. The second-order valence-corrected chi connectivity index (χ2v) is 6.68. The number of aryl methyl sites for hydroxylation is 2. The van der Waals surface area contributed by atoms with E-state index in [0.29, 0.717) is 12.4 Å². The van der Waals surface area contributed by atoms with Crippen LogP contribution in [0.5, 0.6) is 0 Å². The summed E-state index contributed by atoms with van der Waals surface area (Å²) in [6.07, 6.45) is 0.895. The fraction of sp³-hybridized carbons (Fsp3) is 0.273. The molecule has 134 valence electrons. The third kappa shape index (κ3) is 3.54. The Kier molecular flexibility index (Phi) is 5.21. The zero-order valence-electron chi connectivity index (χ0n) is 15.8. The zero-order valence-corrected chi connectivity index (χ0v) is 15.8. The molecule has 2 aromatic carbocycles. The van der Waals surface area contributed by atoms with Gasteiger partial charge in [-0.1, -0.05) is 66.6 Å². The van der Waals surface area contributed by atoms with Crippen molar-refractivity contribution in [1.29, 1.82) is 0 Å². The van der Waals surface area contributed by atoms with E-state index in [1.54, 1.807) is 0 Å². The topological polar surface area (TPSA) is 46.9 Å². The molecular formula is C22H25N3O. The molecule has 26 heavy (non-hydrogen) atoms. The molecule has 1 aromatic heterocycles. The van der Waals surface area contributed by atoms with E-state index in [4.69, 9.17) is 4.98 Å². The van der Waals surface area contributed by atoms with Crippen molar-refractivity contribution >= 4 is 5.91 Å². The van der Waals surface area contributed by atoms with Crippen molar-refractivity contribution in [3.8, 4) is 22.5 Å². The smallest absolute Gasteiger partial charge is 0.287 e. The molecule has 0 aliphatic carbocycles. The van der Waals surface area contributed by atoms with Crippen LogP contribution >= 0.6 is 0 Å². The van der Waals surface area contributed by atoms with E-state index in [1.807, 2.05) is 18.5 Å². The quantitative estimate of drug-likeness (QED) is 0.738. The Hall–Kier alpha value is -2.88. The number of nitrogens with zero attached hydrogens (tertiary/aromatic N) is 2. The van der Waals surface area contributed by atoms with E-state index in [9.17, 15) is 4.79 Å². The molecule has 0 saturated carbocycles. The first-order chi connectivity index (χ1) is 12.5. The summed E-state index contributed by atoms with van der Waals surface area (Å²) in [4.78, 5) is 17.3. The molecule has 0 saturated heterocycles. The van der Waals surface area contributed by atoms with Crippen molar-refractivity contribution in [3.63, 3.8) is 0 Å². The number of hydrogen-bond acceptors (Lipinski definition) is 2. The van der Waals surface area contributed by atoms with Gasteiger partial charge in [-0.3, -0.25) is 4.79 Å². The minimum absolute atomic E-state index is 0.138. The molecule has 0 aliphatic rings. The van der Waals surface area contributed by atoms with Gasteiger partial charge in [-0.25, -0.2) is 4.98 Å². The lowest BCUT2D eigenvalue weighted by atomic mass is 10.0. The number of benzene rings is 2. The lowest BCUT2D eigenvalue weighted by Crippen LogP contribution is -2.26. The molecule has 4 nitrogen and oxygen atoms in total. The van der Waals surface area contributed by atoms with Gasteiger partial charge in [0.25, 0.3) is 5.91 Å². The maximum absolute atomic E-state index is 12.6. The van der Waals surface area contributed by atoms with Crippen LogP contribution in [0.15, 0.2) is 48.5 Å². The van der Waals surface area contributed by atoms with Crippen LogP contribution in [-0.2, 0) is 7.05 Å². The third-order valence-electron chi connectivity index (χ3n) is 4.48. The van der Waals surface area contributed by atoms with Gasteiger partial charge in [0.15, 0.2) is 5.82 Å². The standard InChI is InChI=1S/C22H25N3O/c1-5-14-23-22(26)21-24-19(17-10-6-15(2)7-11-17)20(25(21)4)18-12-8-16(3)9-13-18/h6-13H,5,14H2,1-4H3,(H,23,26).